The number of carbonyl (C=O) groups is 1. The Kier molecular flexibility index (Phi) is 20.0. The monoisotopic (exact) mass is 524 g/mol. The molecule has 2 nitrogen and oxygen atoms in total. The van der Waals surface area contributed by atoms with Crippen LogP contribution in [0.15, 0.2) is 12.7 Å². The quantitative estimate of drug-likeness (QED) is 0.0554. The Morgan fingerprint density at radius 1 is 0.741 bits per heavy atom. The normalized spacial score (nSPS) is 11.6. The van der Waals surface area contributed by atoms with Crippen LogP contribution in [0.3, 0.4) is 0 Å². The van der Waals surface area contributed by atoms with Crippen molar-refractivity contribution in [1.29, 1.82) is 0 Å². The zero-order chi connectivity index (χ0) is 20.2. The minimum Gasteiger partial charge on any atom is -0.463 e. The van der Waals surface area contributed by atoms with Crippen molar-refractivity contribution in [1.82, 2.24) is 0 Å². The number of alkyl halides is 2. The minimum absolute atomic E-state index is 0.280. The van der Waals surface area contributed by atoms with Crippen LogP contribution in [0.2, 0.25) is 0 Å². The molecule has 0 bridgehead atoms. The zero-order valence-corrected chi connectivity index (χ0v) is 22.8. The molecule has 0 aliphatic heterocycles. The molecule has 160 valence electrons. The van der Waals surface area contributed by atoms with Gasteiger partial charge in [-0.3, -0.25) is 0 Å². The van der Waals surface area contributed by atoms with Crippen LogP contribution < -0.4 is 0 Å². The first-order valence-electron chi connectivity index (χ1n) is 11.1. The summed E-state index contributed by atoms with van der Waals surface area (Å²) in [5, 5.41) is 0. The second-order valence-corrected chi connectivity index (χ2v) is 17.0. The standard InChI is InChI=1S/C22H42Br2O2Si/c1-2-21(25)26-20-18-16-14-12-10-8-6-4-3-5-7-9-11-13-15-17-19-22(23,24)27/h2H,1,3-20H2,27H3. The topological polar surface area (TPSA) is 26.3 Å². The summed E-state index contributed by atoms with van der Waals surface area (Å²) in [5.41, 5.74) is 0. The Morgan fingerprint density at radius 3 is 1.41 bits per heavy atom. The third kappa shape index (κ3) is 24.3. The molecule has 27 heavy (non-hydrogen) atoms. The highest BCUT2D eigenvalue weighted by atomic mass is 79.9. The number of halogens is 2. The summed E-state index contributed by atoms with van der Waals surface area (Å²) in [7, 11) is 1.16. The average molecular weight is 526 g/mol. The summed E-state index contributed by atoms with van der Waals surface area (Å²) >= 11 is 7.39. The van der Waals surface area contributed by atoms with Crippen molar-refractivity contribution >= 4 is 48.1 Å². The average Bonchev–Trinajstić information content (AvgIpc) is 2.62. The van der Waals surface area contributed by atoms with E-state index in [1.165, 1.54) is 102 Å². The molecule has 0 saturated carbocycles. The van der Waals surface area contributed by atoms with Crippen LogP contribution in [-0.4, -0.2) is 25.7 Å². The lowest BCUT2D eigenvalue weighted by molar-refractivity contribution is -0.137. The molecule has 0 radical (unpaired) electrons. The van der Waals surface area contributed by atoms with E-state index in [4.69, 9.17) is 4.74 Å². The Labute approximate surface area is 188 Å². The third-order valence-electron chi connectivity index (χ3n) is 4.92. The second kappa shape index (κ2) is 19.7. The van der Waals surface area contributed by atoms with Gasteiger partial charge in [0.05, 0.1) is 9.46 Å². The van der Waals surface area contributed by atoms with Crippen LogP contribution in [0, 0.1) is 0 Å². The summed E-state index contributed by atoms with van der Waals surface area (Å²) < 4.78 is 5.25. The Morgan fingerprint density at radius 2 is 1.07 bits per heavy atom. The zero-order valence-electron chi connectivity index (χ0n) is 17.6. The van der Waals surface area contributed by atoms with Crippen molar-refractivity contribution in [2.45, 2.75) is 112 Å². The molecule has 0 N–H and O–H groups in total. The van der Waals surface area contributed by atoms with Gasteiger partial charge in [0.2, 0.25) is 0 Å². The maximum absolute atomic E-state index is 10.9. The highest BCUT2D eigenvalue weighted by Gasteiger charge is 2.13. The lowest BCUT2D eigenvalue weighted by Gasteiger charge is -2.13. The Hall–Kier alpha value is 0.387. The minimum atomic E-state index is -0.302. The van der Waals surface area contributed by atoms with E-state index in [1.54, 1.807) is 0 Å². The lowest BCUT2D eigenvalue weighted by Crippen LogP contribution is -2.09. The van der Waals surface area contributed by atoms with Crippen LogP contribution in [-0.2, 0) is 9.53 Å². The van der Waals surface area contributed by atoms with Crippen LogP contribution in [0.25, 0.3) is 0 Å². The molecule has 0 aromatic heterocycles. The molecule has 0 aromatic carbocycles. The fraction of sp³-hybridized carbons (Fsp3) is 0.864. The van der Waals surface area contributed by atoms with E-state index in [1.807, 2.05) is 0 Å². The van der Waals surface area contributed by atoms with Gasteiger partial charge >= 0.3 is 5.97 Å². The number of esters is 1. The number of rotatable bonds is 20. The van der Waals surface area contributed by atoms with E-state index in [2.05, 4.69) is 38.4 Å². The van der Waals surface area contributed by atoms with Crippen LogP contribution >= 0.6 is 31.9 Å². The fourth-order valence-corrected chi connectivity index (χ4v) is 4.16. The van der Waals surface area contributed by atoms with Gasteiger partial charge in [-0.2, -0.15) is 0 Å². The van der Waals surface area contributed by atoms with Gasteiger partial charge in [0, 0.05) is 16.3 Å². The number of ether oxygens (including phenoxy) is 1. The van der Waals surface area contributed by atoms with Crippen molar-refractivity contribution < 1.29 is 9.53 Å². The highest BCUT2D eigenvalue weighted by Crippen LogP contribution is 2.28. The predicted octanol–water partition coefficient (Wildman–Crippen LogP) is 7.16. The summed E-state index contributed by atoms with van der Waals surface area (Å²) in [6.45, 7) is 3.93. The number of carbonyl (C=O) groups excluding carboxylic acids is 1. The molecule has 0 heterocycles. The van der Waals surface area contributed by atoms with Gasteiger partial charge in [0.1, 0.15) is 0 Å². The predicted molar refractivity (Wildman–Crippen MR) is 130 cm³/mol. The highest BCUT2D eigenvalue weighted by molar-refractivity contribution is 9.26. The summed E-state index contributed by atoms with van der Waals surface area (Å²) in [5.74, 6) is -0.302. The van der Waals surface area contributed by atoms with E-state index in [0.717, 1.165) is 23.1 Å². The van der Waals surface area contributed by atoms with E-state index in [-0.39, 0.29) is 8.83 Å². The first kappa shape index (κ1) is 27.4. The number of hydrogen-bond acceptors (Lipinski definition) is 2. The molecule has 0 rings (SSSR count). The maximum atomic E-state index is 10.9. The molecular formula is C22H42Br2O2Si. The van der Waals surface area contributed by atoms with Crippen molar-refractivity contribution in [3.63, 3.8) is 0 Å². The smallest absolute Gasteiger partial charge is 0.330 e. The van der Waals surface area contributed by atoms with Gasteiger partial charge in [-0.05, 0) is 12.8 Å². The third-order valence-corrected chi connectivity index (χ3v) is 6.21. The van der Waals surface area contributed by atoms with Gasteiger partial charge in [-0.1, -0.05) is 135 Å². The molecule has 0 atom stereocenters. The Balaban J connectivity index is 3.07. The molecule has 0 fully saturated rings. The largest absolute Gasteiger partial charge is 0.463 e. The first-order chi connectivity index (χ1) is 13.0. The second-order valence-electron chi connectivity index (χ2n) is 7.85. The Bertz CT molecular complexity index is 357. The molecule has 0 aliphatic rings. The molecular weight excluding hydrogens is 484 g/mol. The molecule has 0 aliphatic carbocycles. The number of hydrogen-bond donors (Lipinski definition) is 0. The molecule has 0 unspecified atom stereocenters. The van der Waals surface area contributed by atoms with E-state index in [9.17, 15) is 4.79 Å². The maximum Gasteiger partial charge on any atom is 0.330 e. The fourth-order valence-electron chi connectivity index (χ4n) is 3.24. The number of unbranched alkanes of at least 4 members (excludes halogenated alkanes) is 15. The molecule has 0 aromatic rings. The molecule has 0 amide bonds. The summed E-state index contributed by atoms with van der Waals surface area (Å²) in [6, 6.07) is 0. The van der Waals surface area contributed by atoms with Gasteiger partial charge in [-0.15, -0.1) is 0 Å². The lowest BCUT2D eigenvalue weighted by atomic mass is 10.0. The van der Waals surface area contributed by atoms with Crippen LogP contribution in [0.1, 0.15) is 109 Å². The summed E-state index contributed by atoms with van der Waals surface area (Å²) in [4.78, 5) is 10.9. The van der Waals surface area contributed by atoms with Crippen molar-refractivity contribution in [3.8, 4) is 0 Å². The van der Waals surface area contributed by atoms with Crippen LogP contribution in [0.4, 0.5) is 0 Å². The van der Waals surface area contributed by atoms with Gasteiger partial charge in [0.15, 0.2) is 0 Å². The molecule has 5 heteroatoms. The van der Waals surface area contributed by atoms with E-state index >= 15 is 0 Å². The summed E-state index contributed by atoms with van der Waals surface area (Å²) in [6.07, 6.45) is 24.1. The van der Waals surface area contributed by atoms with Crippen molar-refractivity contribution in [3.05, 3.63) is 12.7 Å². The van der Waals surface area contributed by atoms with Crippen molar-refractivity contribution in [2.24, 2.45) is 0 Å². The van der Waals surface area contributed by atoms with Crippen LogP contribution in [0.5, 0.6) is 0 Å². The van der Waals surface area contributed by atoms with Gasteiger partial charge in [-0.25, -0.2) is 4.79 Å². The van der Waals surface area contributed by atoms with Gasteiger partial charge < -0.3 is 4.74 Å². The van der Waals surface area contributed by atoms with Crippen molar-refractivity contribution in [2.75, 3.05) is 6.61 Å². The SMILES string of the molecule is C=CC(=O)OCCCCCCCCCCCCCCCCCCC([SiH3])(Br)Br. The molecule has 0 spiro atoms. The van der Waals surface area contributed by atoms with E-state index < -0.39 is 0 Å². The van der Waals surface area contributed by atoms with E-state index in [0.29, 0.717) is 6.61 Å². The van der Waals surface area contributed by atoms with Gasteiger partial charge in [0.25, 0.3) is 0 Å². The molecule has 0 saturated heterocycles. The first-order valence-corrected chi connectivity index (χ1v) is 13.7.